The summed E-state index contributed by atoms with van der Waals surface area (Å²) in [5.74, 6) is -1.43. The maximum absolute atomic E-state index is 14.1. The molecular formula is C30H28N4O6S. The number of benzene rings is 4. The average Bonchev–Trinajstić information content (AvgIpc) is 2.97. The van der Waals surface area contributed by atoms with Crippen LogP contribution < -0.4 is 19.7 Å². The van der Waals surface area contributed by atoms with Crippen LogP contribution in [-0.2, 0) is 26.0 Å². The molecule has 4 aromatic carbocycles. The predicted octanol–water partition coefficient (Wildman–Crippen LogP) is 3.76. The molecule has 0 bridgehead atoms. The summed E-state index contributed by atoms with van der Waals surface area (Å²) in [6.45, 7) is -0.851. The number of fused-ring (bicyclic) bond motifs is 2. The Hall–Kier alpha value is -4.90. The van der Waals surface area contributed by atoms with Crippen LogP contribution in [-0.4, -0.2) is 50.9 Å². The summed E-state index contributed by atoms with van der Waals surface area (Å²) in [5, 5.41) is 18.5. The number of anilines is 2. The van der Waals surface area contributed by atoms with E-state index < -0.39 is 28.4 Å². The molecule has 5 rings (SSSR count). The number of amides is 1. The lowest BCUT2D eigenvalue weighted by Crippen LogP contribution is -2.42. The average molecular weight is 573 g/mol. The Kier molecular flexibility index (Phi) is 7.62. The predicted molar refractivity (Wildman–Crippen MR) is 156 cm³/mol. The van der Waals surface area contributed by atoms with Crippen LogP contribution in [0.25, 0.3) is 10.8 Å². The normalized spacial score (nSPS) is 12.9. The van der Waals surface area contributed by atoms with Gasteiger partial charge in [-0.05, 0) is 60.2 Å². The molecule has 210 valence electrons. The minimum Gasteiger partial charge on any atom is -0.484 e. The quantitative estimate of drug-likeness (QED) is 0.204. The molecule has 0 saturated heterocycles. The summed E-state index contributed by atoms with van der Waals surface area (Å²) in [6, 6.07) is 23.3. The van der Waals surface area contributed by atoms with Crippen LogP contribution in [0.3, 0.4) is 0 Å². The van der Waals surface area contributed by atoms with Crippen LogP contribution in [0.5, 0.6) is 5.75 Å². The van der Waals surface area contributed by atoms with Crippen molar-refractivity contribution in [3.8, 4) is 5.75 Å². The summed E-state index contributed by atoms with van der Waals surface area (Å²) < 4.78 is 34.8. The molecule has 0 atom stereocenters. The van der Waals surface area contributed by atoms with Crippen LogP contribution in [0.15, 0.2) is 89.8 Å². The number of hydrogen-bond donors (Lipinski definition) is 3. The summed E-state index contributed by atoms with van der Waals surface area (Å²) in [7, 11) is -4.37. The topological polar surface area (TPSA) is 154 Å². The summed E-state index contributed by atoms with van der Waals surface area (Å²) >= 11 is 0. The molecular weight excluding hydrogens is 544 g/mol. The van der Waals surface area contributed by atoms with Crippen molar-refractivity contribution in [3.63, 3.8) is 0 Å². The first kappa shape index (κ1) is 27.7. The van der Waals surface area contributed by atoms with Gasteiger partial charge in [0.1, 0.15) is 18.1 Å². The standard InChI is InChI=1S/C30H28N4O6S/c31-30(32)22-13-15-23(16-14-22)40-19-27(35)33-17-5-9-21-8-3-11-25(29(21)33)34(18-28(36)37)41(38,39)26-12-4-7-20-6-1-2-10-24(20)26/h1-4,6-8,10-16H,5,9,17-19H2,(H3,31,32)(H,36,37). The fraction of sp³-hybridized carbons (Fsp3) is 0.167. The number of carboxylic acids is 1. The lowest BCUT2D eigenvalue weighted by Gasteiger charge is -2.34. The number of para-hydroxylation sites is 1. The summed E-state index contributed by atoms with van der Waals surface area (Å²) in [6.07, 6.45) is 1.24. The zero-order chi connectivity index (χ0) is 29.1. The molecule has 0 fully saturated rings. The van der Waals surface area contributed by atoms with E-state index in [-0.39, 0.29) is 23.0 Å². The number of nitrogens with one attached hydrogen (secondary N) is 1. The number of nitrogens with zero attached hydrogens (tertiary/aromatic N) is 2. The molecule has 0 aromatic heterocycles. The summed E-state index contributed by atoms with van der Waals surface area (Å²) in [5.41, 5.74) is 7.20. The van der Waals surface area contributed by atoms with Gasteiger partial charge in [-0.15, -0.1) is 0 Å². The number of hydrogen-bond acceptors (Lipinski definition) is 6. The minimum atomic E-state index is -4.37. The van der Waals surface area contributed by atoms with Crippen LogP contribution >= 0.6 is 0 Å². The van der Waals surface area contributed by atoms with Gasteiger partial charge in [0.05, 0.1) is 16.3 Å². The van der Waals surface area contributed by atoms with Crippen LogP contribution in [0, 0.1) is 5.41 Å². The van der Waals surface area contributed by atoms with E-state index in [1.165, 1.54) is 17.0 Å². The monoisotopic (exact) mass is 572 g/mol. The Labute approximate surface area is 237 Å². The van der Waals surface area contributed by atoms with Gasteiger partial charge < -0.3 is 20.5 Å². The highest BCUT2D eigenvalue weighted by Crippen LogP contribution is 2.40. The van der Waals surface area contributed by atoms with Gasteiger partial charge in [-0.2, -0.15) is 0 Å². The smallest absolute Gasteiger partial charge is 0.324 e. The van der Waals surface area contributed by atoms with Crippen molar-refractivity contribution in [1.29, 1.82) is 5.41 Å². The van der Waals surface area contributed by atoms with Gasteiger partial charge in [0, 0.05) is 17.5 Å². The van der Waals surface area contributed by atoms with E-state index in [4.69, 9.17) is 15.9 Å². The number of nitrogen functional groups attached to an aromatic ring is 1. The Morgan fingerprint density at radius 1 is 0.976 bits per heavy atom. The molecule has 1 aliphatic heterocycles. The van der Waals surface area contributed by atoms with Gasteiger partial charge in [0.25, 0.3) is 15.9 Å². The first-order chi connectivity index (χ1) is 19.7. The van der Waals surface area contributed by atoms with Gasteiger partial charge in [0.15, 0.2) is 6.61 Å². The maximum atomic E-state index is 14.1. The van der Waals surface area contributed by atoms with Crippen molar-refractivity contribution in [2.75, 3.05) is 28.9 Å². The van der Waals surface area contributed by atoms with E-state index in [0.717, 1.165) is 9.87 Å². The van der Waals surface area contributed by atoms with Gasteiger partial charge >= 0.3 is 5.97 Å². The Bertz CT molecular complexity index is 1750. The number of rotatable bonds is 9. The van der Waals surface area contributed by atoms with Gasteiger partial charge in [0.2, 0.25) is 0 Å². The summed E-state index contributed by atoms with van der Waals surface area (Å²) in [4.78, 5) is 26.9. The molecule has 1 heterocycles. The fourth-order valence-electron chi connectivity index (χ4n) is 5.00. The number of carbonyl (C=O) groups excluding carboxylic acids is 1. The van der Waals surface area contributed by atoms with Gasteiger partial charge in [-0.25, -0.2) is 8.42 Å². The number of carboxylic acid groups (broad SMARTS) is 1. The Morgan fingerprint density at radius 3 is 2.41 bits per heavy atom. The second-order valence-corrected chi connectivity index (χ2v) is 11.4. The van der Waals surface area contributed by atoms with E-state index in [1.54, 1.807) is 66.7 Å². The Morgan fingerprint density at radius 2 is 1.68 bits per heavy atom. The van der Waals surface area contributed by atoms with Gasteiger partial charge in [-0.1, -0.05) is 48.5 Å². The number of aliphatic carboxylic acids is 1. The number of sulfonamides is 1. The molecule has 4 N–H and O–H groups in total. The zero-order valence-electron chi connectivity index (χ0n) is 22.0. The fourth-order valence-corrected chi connectivity index (χ4v) is 6.64. The first-order valence-corrected chi connectivity index (χ1v) is 14.3. The highest BCUT2D eigenvalue weighted by molar-refractivity contribution is 7.93. The van der Waals surface area contributed by atoms with E-state index in [9.17, 15) is 23.1 Å². The second-order valence-electron chi connectivity index (χ2n) is 9.54. The second kappa shape index (κ2) is 11.3. The molecule has 0 saturated carbocycles. The molecule has 41 heavy (non-hydrogen) atoms. The van der Waals surface area contributed by atoms with Crippen LogP contribution in [0.2, 0.25) is 0 Å². The van der Waals surface area contributed by atoms with Crippen molar-refractivity contribution in [3.05, 3.63) is 96.1 Å². The van der Waals surface area contributed by atoms with Crippen LogP contribution in [0.4, 0.5) is 11.4 Å². The van der Waals surface area contributed by atoms with Crippen LogP contribution in [0.1, 0.15) is 17.5 Å². The Balaban J connectivity index is 1.53. The minimum absolute atomic E-state index is 0.0273. The van der Waals surface area contributed by atoms with Gasteiger partial charge in [-0.3, -0.25) is 19.3 Å². The molecule has 0 radical (unpaired) electrons. The molecule has 10 nitrogen and oxygen atoms in total. The largest absolute Gasteiger partial charge is 0.484 e. The highest BCUT2D eigenvalue weighted by Gasteiger charge is 2.34. The van der Waals surface area contributed by atoms with Crippen molar-refractivity contribution in [2.45, 2.75) is 17.7 Å². The van der Waals surface area contributed by atoms with E-state index >= 15 is 0 Å². The third-order valence-corrected chi connectivity index (χ3v) is 8.71. The molecule has 11 heteroatoms. The van der Waals surface area contributed by atoms with Crippen molar-refractivity contribution in [2.24, 2.45) is 5.73 Å². The molecule has 1 aliphatic rings. The third kappa shape index (κ3) is 5.57. The lowest BCUT2D eigenvalue weighted by molar-refractivity contribution is -0.135. The van der Waals surface area contributed by atoms with E-state index in [1.807, 2.05) is 6.07 Å². The van der Waals surface area contributed by atoms with Crippen molar-refractivity contribution >= 4 is 49.9 Å². The third-order valence-electron chi connectivity index (χ3n) is 6.89. The molecule has 1 amide bonds. The number of aryl methyl sites for hydroxylation is 1. The van der Waals surface area contributed by atoms with E-state index in [2.05, 4.69) is 0 Å². The number of nitrogens with two attached hydrogens (primary N) is 1. The lowest BCUT2D eigenvalue weighted by atomic mass is 10.00. The molecule has 0 unspecified atom stereocenters. The molecule has 0 spiro atoms. The maximum Gasteiger partial charge on any atom is 0.324 e. The highest BCUT2D eigenvalue weighted by atomic mass is 32.2. The molecule has 4 aromatic rings. The number of amidine groups is 1. The molecule has 0 aliphatic carbocycles. The SMILES string of the molecule is N=C(N)c1ccc(OCC(=O)N2CCCc3cccc(N(CC(=O)O)S(=O)(=O)c4cccc5ccccc45)c32)cc1. The zero-order valence-corrected chi connectivity index (χ0v) is 22.8. The number of ether oxygens (including phenoxy) is 1. The number of carbonyl (C=O) groups is 2. The van der Waals surface area contributed by atoms with Crippen molar-refractivity contribution < 1.29 is 27.9 Å². The van der Waals surface area contributed by atoms with Crippen molar-refractivity contribution in [1.82, 2.24) is 0 Å². The van der Waals surface area contributed by atoms with E-state index in [0.29, 0.717) is 47.2 Å². The first-order valence-electron chi connectivity index (χ1n) is 12.9.